The lowest BCUT2D eigenvalue weighted by Gasteiger charge is -2.08. The Hall–Kier alpha value is -1.71. The first-order valence-electron chi connectivity index (χ1n) is 6.36. The van der Waals surface area contributed by atoms with Crippen molar-refractivity contribution < 1.29 is 36.6 Å². The number of hydrogen-bond donors (Lipinski definition) is 1. The number of ether oxygens (including phenoxy) is 3. The Morgan fingerprint density at radius 2 is 1.50 bits per heavy atom. The van der Waals surface area contributed by atoms with Gasteiger partial charge in [0.1, 0.15) is 0 Å². The minimum atomic E-state index is -1.77. The van der Waals surface area contributed by atoms with Gasteiger partial charge in [0.25, 0.3) is 0 Å². The first-order chi connectivity index (χ1) is 10.5. The van der Waals surface area contributed by atoms with Gasteiger partial charge in [0.2, 0.25) is 17.4 Å². The van der Waals surface area contributed by atoms with Crippen LogP contribution < -0.4 is 10.5 Å². The highest BCUT2D eigenvalue weighted by atomic mass is 19.2. The van der Waals surface area contributed by atoms with Crippen molar-refractivity contribution in [2.24, 2.45) is 5.73 Å². The van der Waals surface area contributed by atoms with Gasteiger partial charge in [-0.15, -0.1) is 0 Å². The summed E-state index contributed by atoms with van der Waals surface area (Å²) in [6.07, 6.45) is -0.353. The summed E-state index contributed by atoms with van der Waals surface area (Å²) < 4.78 is 66.6. The van der Waals surface area contributed by atoms with Crippen LogP contribution in [0.1, 0.15) is 6.42 Å². The molecule has 0 radical (unpaired) electrons. The van der Waals surface area contributed by atoms with Crippen LogP contribution in [0.25, 0.3) is 0 Å². The second kappa shape index (κ2) is 9.34. The quantitative estimate of drug-likeness (QED) is 0.245. The summed E-state index contributed by atoms with van der Waals surface area (Å²) in [6.45, 7) is 1.09. The number of hydrogen-bond acceptors (Lipinski definition) is 5. The lowest BCUT2D eigenvalue weighted by Crippen LogP contribution is -2.16. The van der Waals surface area contributed by atoms with Crippen molar-refractivity contribution in [2.45, 2.75) is 6.42 Å². The minimum absolute atomic E-state index is 0.0203. The van der Waals surface area contributed by atoms with E-state index in [4.69, 9.17) is 15.2 Å². The Kier molecular flexibility index (Phi) is 7.78. The van der Waals surface area contributed by atoms with Gasteiger partial charge in [0.15, 0.2) is 11.6 Å². The van der Waals surface area contributed by atoms with Crippen LogP contribution in [0.4, 0.5) is 17.6 Å². The van der Waals surface area contributed by atoms with E-state index >= 15 is 0 Å². The highest BCUT2D eigenvalue weighted by molar-refractivity contribution is 5.72. The van der Waals surface area contributed by atoms with E-state index in [0.717, 1.165) is 0 Å². The summed E-state index contributed by atoms with van der Waals surface area (Å²) in [4.78, 5) is 11.3. The Morgan fingerprint density at radius 1 is 0.955 bits per heavy atom. The van der Waals surface area contributed by atoms with Gasteiger partial charge in [-0.2, -0.15) is 8.78 Å². The third-order valence-electron chi connectivity index (χ3n) is 2.37. The van der Waals surface area contributed by atoms with Gasteiger partial charge in [0.05, 0.1) is 32.8 Å². The molecule has 2 N–H and O–H groups in total. The molecule has 0 spiro atoms. The molecule has 0 atom stereocenters. The van der Waals surface area contributed by atoms with E-state index in [-0.39, 0.29) is 32.3 Å². The Morgan fingerprint density at radius 3 is 2.05 bits per heavy atom. The lowest BCUT2D eigenvalue weighted by molar-refractivity contribution is -0.136. The molecule has 0 saturated carbocycles. The molecule has 9 heteroatoms. The average Bonchev–Trinajstić information content (AvgIpc) is 2.48. The van der Waals surface area contributed by atoms with E-state index in [1.807, 2.05) is 0 Å². The summed E-state index contributed by atoms with van der Waals surface area (Å²) in [5.41, 5.74) is 5.19. The first-order valence-corrected chi connectivity index (χ1v) is 6.36. The predicted octanol–water partition coefficient (Wildman–Crippen LogP) is 1.53. The van der Waals surface area contributed by atoms with Gasteiger partial charge in [-0.25, -0.2) is 8.78 Å². The van der Waals surface area contributed by atoms with Crippen LogP contribution in [-0.4, -0.2) is 38.9 Å². The standard InChI is InChI=1S/C13H15F4NO4/c14-8-7-9(15)12(17)13(11(8)16)22-10(19)1-3-20-5-6-21-4-2-18/h7H,1-6,18H2. The van der Waals surface area contributed by atoms with Crippen molar-refractivity contribution in [3.05, 3.63) is 29.3 Å². The molecule has 124 valence electrons. The largest absolute Gasteiger partial charge is 0.420 e. The zero-order valence-corrected chi connectivity index (χ0v) is 11.5. The van der Waals surface area contributed by atoms with E-state index in [0.29, 0.717) is 13.2 Å². The number of carbonyl (C=O) groups excluding carboxylic acids is 1. The topological polar surface area (TPSA) is 70.8 Å². The van der Waals surface area contributed by atoms with Gasteiger partial charge in [-0.1, -0.05) is 0 Å². The molecule has 1 aromatic carbocycles. The van der Waals surface area contributed by atoms with Crippen molar-refractivity contribution in [2.75, 3.05) is 33.0 Å². The SMILES string of the molecule is NCCOCCOCCC(=O)Oc1c(F)c(F)cc(F)c1F. The van der Waals surface area contributed by atoms with E-state index < -0.39 is 35.0 Å². The van der Waals surface area contributed by atoms with Crippen LogP contribution in [0.5, 0.6) is 5.75 Å². The monoisotopic (exact) mass is 325 g/mol. The molecule has 0 fully saturated rings. The van der Waals surface area contributed by atoms with Gasteiger partial charge < -0.3 is 19.9 Å². The van der Waals surface area contributed by atoms with Crippen molar-refractivity contribution >= 4 is 5.97 Å². The fourth-order valence-electron chi connectivity index (χ4n) is 1.37. The Bertz CT molecular complexity index is 487. The first kappa shape index (κ1) is 18.3. The average molecular weight is 325 g/mol. The van der Waals surface area contributed by atoms with Crippen LogP contribution >= 0.6 is 0 Å². The third kappa shape index (κ3) is 5.58. The molecule has 22 heavy (non-hydrogen) atoms. The van der Waals surface area contributed by atoms with Gasteiger partial charge in [0, 0.05) is 12.6 Å². The van der Waals surface area contributed by atoms with Crippen molar-refractivity contribution in [3.63, 3.8) is 0 Å². The van der Waals surface area contributed by atoms with Gasteiger partial charge >= 0.3 is 5.97 Å². The molecular formula is C13H15F4NO4. The molecule has 0 aliphatic heterocycles. The number of benzene rings is 1. The second-order valence-corrected chi connectivity index (χ2v) is 4.03. The van der Waals surface area contributed by atoms with Gasteiger partial charge in [-0.3, -0.25) is 4.79 Å². The summed E-state index contributed by atoms with van der Waals surface area (Å²) in [5, 5.41) is 0. The van der Waals surface area contributed by atoms with Crippen LogP contribution in [0, 0.1) is 23.3 Å². The fraction of sp³-hybridized carbons (Fsp3) is 0.462. The molecule has 0 heterocycles. The number of nitrogens with two attached hydrogens (primary N) is 1. The molecule has 0 saturated heterocycles. The zero-order valence-electron chi connectivity index (χ0n) is 11.5. The fourth-order valence-corrected chi connectivity index (χ4v) is 1.37. The lowest BCUT2D eigenvalue weighted by atomic mass is 10.3. The van der Waals surface area contributed by atoms with Crippen LogP contribution in [-0.2, 0) is 14.3 Å². The summed E-state index contributed by atoms with van der Waals surface area (Å²) in [6, 6.07) is 0.0203. The number of rotatable bonds is 9. The van der Waals surface area contributed by atoms with E-state index in [1.54, 1.807) is 0 Å². The van der Waals surface area contributed by atoms with Crippen LogP contribution in [0.2, 0.25) is 0 Å². The molecule has 0 aromatic heterocycles. The molecule has 0 aliphatic rings. The molecule has 0 amide bonds. The van der Waals surface area contributed by atoms with Crippen molar-refractivity contribution in [1.82, 2.24) is 0 Å². The Labute approximate surface area is 123 Å². The zero-order chi connectivity index (χ0) is 16.5. The molecule has 0 bridgehead atoms. The number of esters is 1. The van der Waals surface area contributed by atoms with Gasteiger partial charge in [-0.05, 0) is 0 Å². The van der Waals surface area contributed by atoms with E-state index in [2.05, 4.69) is 4.74 Å². The summed E-state index contributed by atoms with van der Waals surface area (Å²) in [7, 11) is 0. The molecule has 0 aliphatic carbocycles. The highest BCUT2D eigenvalue weighted by Gasteiger charge is 2.22. The van der Waals surface area contributed by atoms with Crippen molar-refractivity contribution in [3.8, 4) is 5.75 Å². The Balaban J connectivity index is 2.40. The van der Waals surface area contributed by atoms with E-state index in [1.165, 1.54) is 0 Å². The smallest absolute Gasteiger partial charge is 0.313 e. The maximum absolute atomic E-state index is 13.2. The number of carbonyl (C=O) groups is 1. The molecular weight excluding hydrogens is 310 g/mol. The molecule has 1 rings (SSSR count). The maximum atomic E-state index is 13.2. The molecule has 5 nitrogen and oxygen atoms in total. The highest BCUT2D eigenvalue weighted by Crippen LogP contribution is 2.26. The van der Waals surface area contributed by atoms with Crippen LogP contribution in [0.15, 0.2) is 6.07 Å². The minimum Gasteiger partial charge on any atom is -0.420 e. The predicted molar refractivity (Wildman–Crippen MR) is 67.2 cm³/mol. The summed E-state index contributed by atoms with van der Waals surface area (Å²) >= 11 is 0. The van der Waals surface area contributed by atoms with Crippen molar-refractivity contribution in [1.29, 1.82) is 0 Å². The van der Waals surface area contributed by atoms with E-state index in [9.17, 15) is 22.4 Å². The summed E-state index contributed by atoms with van der Waals surface area (Å²) in [5.74, 6) is -9.36. The maximum Gasteiger partial charge on any atom is 0.313 e. The number of halogens is 4. The van der Waals surface area contributed by atoms with Crippen LogP contribution in [0.3, 0.4) is 0 Å². The third-order valence-corrected chi connectivity index (χ3v) is 2.37. The molecule has 1 aromatic rings. The molecule has 0 unspecified atom stereocenters. The normalized spacial score (nSPS) is 10.8. The second-order valence-electron chi connectivity index (χ2n) is 4.03.